The Balaban J connectivity index is 3.85. The van der Waals surface area contributed by atoms with Crippen LogP contribution in [0.3, 0.4) is 0 Å². The van der Waals surface area contributed by atoms with Crippen molar-refractivity contribution in [1.29, 1.82) is 0 Å². The summed E-state index contributed by atoms with van der Waals surface area (Å²) in [5, 5.41) is 17.4. The molecule has 124 valence electrons. The number of carbonyl (C=O) groups is 2. The predicted molar refractivity (Wildman–Crippen MR) is 81.5 cm³/mol. The second-order valence-electron chi connectivity index (χ2n) is 4.63. The highest BCUT2D eigenvalue weighted by Gasteiger charge is 2.17. The number of aliphatic carboxylic acids is 1. The molecule has 1 unspecified atom stereocenters. The number of hydrogen-bond acceptors (Lipinski definition) is 6. The Hall–Kier alpha value is -0.630. The Bertz CT molecular complexity index is 285. The monoisotopic (exact) mass is 322 g/mol. The molecule has 2 N–H and O–H groups in total. The molecule has 0 saturated heterocycles. The predicted octanol–water partition coefficient (Wildman–Crippen LogP) is 1.55. The third kappa shape index (κ3) is 14.1. The van der Waals surface area contributed by atoms with Gasteiger partial charge in [0.05, 0.1) is 26.4 Å². The zero-order valence-corrected chi connectivity index (χ0v) is 13.4. The molecule has 0 aliphatic heterocycles. The maximum atomic E-state index is 11.7. The molecule has 21 heavy (non-hydrogen) atoms. The van der Waals surface area contributed by atoms with E-state index in [-0.39, 0.29) is 37.1 Å². The minimum atomic E-state index is -0.889. The lowest BCUT2D eigenvalue weighted by Crippen LogP contribution is -2.15. The maximum absolute atomic E-state index is 11.7. The topological polar surface area (TPSA) is 93.1 Å². The summed E-state index contributed by atoms with van der Waals surface area (Å²) in [7, 11) is 0. The van der Waals surface area contributed by atoms with Gasteiger partial charge in [0.1, 0.15) is 0 Å². The zero-order valence-electron chi connectivity index (χ0n) is 12.6. The Morgan fingerprint density at radius 3 is 2.33 bits per heavy atom. The van der Waals surface area contributed by atoms with E-state index in [0.717, 1.165) is 12.2 Å². The molecule has 0 saturated carbocycles. The van der Waals surface area contributed by atoms with Crippen LogP contribution in [0.15, 0.2) is 0 Å². The van der Waals surface area contributed by atoms with Crippen molar-refractivity contribution in [2.75, 3.05) is 38.8 Å². The summed E-state index contributed by atoms with van der Waals surface area (Å²) in [5.74, 6) is -0.297. The van der Waals surface area contributed by atoms with E-state index in [0.29, 0.717) is 26.2 Å². The molecule has 0 aliphatic carbocycles. The van der Waals surface area contributed by atoms with Crippen LogP contribution in [0.2, 0.25) is 0 Å². The van der Waals surface area contributed by atoms with E-state index in [2.05, 4.69) is 0 Å². The van der Waals surface area contributed by atoms with Gasteiger partial charge in [0, 0.05) is 25.2 Å². The van der Waals surface area contributed by atoms with E-state index >= 15 is 0 Å². The Morgan fingerprint density at radius 1 is 1.10 bits per heavy atom. The van der Waals surface area contributed by atoms with Crippen LogP contribution >= 0.6 is 11.8 Å². The third-order valence-corrected chi connectivity index (χ3v) is 3.76. The SMILES string of the molecule is CCCSC(=O)CC(CCOCCOCCO)CC(=O)O. The van der Waals surface area contributed by atoms with Crippen molar-refractivity contribution in [1.82, 2.24) is 0 Å². The quantitative estimate of drug-likeness (QED) is 0.469. The number of carbonyl (C=O) groups excluding carboxylic acids is 1. The number of hydrogen-bond donors (Lipinski definition) is 2. The van der Waals surface area contributed by atoms with Gasteiger partial charge in [0.2, 0.25) is 0 Å². The fraction of sp³-hybridized carbons (Fsp3) is 0.857. The summed E-state index contributed by atoms with van der Waals surface area (Å²) >= 11 is 1.27. The number of rotatable bonds is 14. The molecule has 0 aliphatic rings. The van der Waals surface area contributed by atoms with E-state index in [1.165, 1.54) is 11.8 Å². The first-order valence-electron chi connectivity index (χ1n) is 7.23. The molecule has 0 heterocycles. The van der Waals surface area contributed by atoms with Crippen LogP contribution in [-0.2, 0) is 19.1 Å². The second-order valence-corrected chi connectivity index (χ2v) is 5.78. The first-order chi connectivity index (χ1) is 10.1. The fourth-order valence-electron chi connectivity index (χ4n) is 1.67. The van der Waals surface area contributed by atoms with Gasteiger partial charge >= 0.3 is 5.97 Å². The van der Waals surface area contributed by atoms with E-state index in [1.807, 2.05) is 6.92 Å². The maximum Gasteiger partial charge on any atom is 0.303 e. The summed E-state index contributed by atoms with van der Waals surface area (Å²) in [4.78, 5) is 22.5. The average molecular weight is 322 g/mol. The number of carboxylic acids is 1. The molecule has 0 amide bonds. The van der Waals surface area contributed by atoms with Gasteiger partial charge in [-0.15, -0.1) is 0 Å². The van der Waals surface area contributed by atoms with Gasteiger partial charge in [0.15, 0.2) is 5.12 Å². The van der Waals surface area contributed by atoms with Crippen LogP contribution < -0.4 is 0 Å². The van der Waals surface area contributed by atoms with Crippen molar-refractivity contribution in [3.8, 4) is 0 Å². The highest BCUT2D eigenvalue weighted by Crippen LogP contribution is 2.19. The van der Waals surface area contributed by atoms with Crippen molar-refractivity contribution in [2.45, 2.75) is 32.6 Å². The van der Waals surface area contributed by atoms with Crippen LogP contribution in [0.1, 0.15) is 32.6 Å². The first-order valence-corrected chi connectivity index (χ1v) is 8.22. The molecular weight excluding hydrogens is 296 g/mol. The highest BCUT2D eigenvalue weighted by atomic mass is 32.2. The number of carboxylic acid groups (broad SMARTS) is 1. The fourth-order valence-corrected chi connectivity index (χ4v) is 2.46. The van der Waals surface area contributed by atoms with Crippen LogP contribution in [0.25, 0.3) is 0 Å². The van der Waals surface area contributed by atoms with Gasteiger partial charge < -0.3 is 19.7 Å². The van der Waals surface area contributed by atoms with E-state index in [4.69, 9.17) is 19.7 Å². The van der Waals surface area contributed by atoms with Crippen molar-refractivity contribution < 1.29 is 29.3 Å². The van der Waals surface area contributed by atoms with Gasteiger partial charge in [-0.1, -0.05) is 18.7 Å². The molecule has 7 heteroatoms. The normalized spacial score (nSPS) is 12.3. The molecule has 0 spiro atoms. The molecule has 1 atom stereocenters. The molecule has 0 bridgehead atoms. The molecule has 0 aromatic heterocycles. The molecule has 0 aromatic rings. The lowest BCUT2D eigenvalue weighted by atomic mass is 9.99. The molecule has 0 aromatic carbocycles. The van der Waals surface area contributed by atoms with Crippen LogP contribution in [0.5, 0.6) is 0 Å². The standard InChI is InChI=1S/C14H26O6S/c1-2-9-21-14(18)11-12(10-13(16)17)3-5-19-7-8-20-6-4-15/h12,15H,2-11H2,1H3,(H,16,17). The second kappa shape index (κ2) is 14.3. The van der Waals surface area contributed by atoms with Gasteiger partial charge in [0.25, 0.3) is 0 Å². The van der Waals surface area contributed by atoms with Gasteiger partial charge in [-0.25, -0.2) is 0 Å². The average Bonchev–Trinajstić information content (AvgIpc) is 2.43. The van der Waals surface area contributed by atoms with Gasteiger partial charge in [-0.2, -0.15) is 0 Å². The first kappa shape index (κ1) is 20.4. The van der Waals surface area contributed by atoms with Gasteiger partial charge in [-0.3, -0.25) is 9.59 Å². The van der Waals surface area contributed by atoms with Crippen LogP contribution in [0, 0.1) is 5.92 Å². The molecule has 0 fully saturated rings. The van der Waals surface area contributed by atoms with E-state index in [9.17, 15) is 9.59 Å². The van der Waals surface area contributed by atoms with Crippen LogP contribution in [0.4, 0.5) is 0 Å². The summed E-state index contributed by atoms with van der Waals surface area (Å²) in [6.07, 6.45) is 1.74. The van der Waals surface area contributed by atoms with E-state index < -0.39 is 5.97 Å². The highest BCUT2D eigenvalue weighted by molar-refractivity contribution is 8.13. The van der Waals surface area contributed by atoms with E-state index in [1.54, 1.807) is 0 Å². The summed E-state index contributed by atoms with van der Waals surface area (Å²) < 4.78 is 10.4. The molecule has 0 radical (unpaired) electrons. The Labute approximate surface area is 130 Å². The number of aliphatic hydroxyl groups excluding tert-OH is 1. The molecular formula is C14H26O6S. The van der Waals surface area contributed by atoms with Gasteiger partial charge in [-0.05, 0) is 18.8 Å². The Kier molecular flexibility index (Phi) is 13.9. The summed E-state index contributed by atoms with van der Waals surface area (Å²) in [5.41, 5.74) is 0. The smallest absolute Gasteiger partial charge is 0.303 e. The van der Waals surface area contributed by atoms with Crippen molar-refractivity contribution >= 4 is 22.8 Å². The Morgan fingerprint density at radius 2 is 1.76 bits per heavy atom. The number of thioether (sulfide) groups is 1. The van der Waals surface area contributed by atoms with Crippen molar-refractivity contribution in [3.63, 3.8) is 0 Å². The largest absolute Gasteiger partial charge is 0.481 e. The minimum Gasteiger partial charge on any atom is -0.481 e. The lowest BCUT2D eigenvalue weighted by molar-refractivity contribution is -0.138. The third-order valence-electron chi connectivity index (χ3n) is 2.66. The number of ether oxygens (including phenoxy) is 2. The van der Waals surface area contributed by atoms with Crippen molar-refractivity contribution in [3.05, 3.63) is 0 Å². The lowest BCUT2D eigenvalue weighted by Gasteiger charge is -2.14. The van der Waals surface area contributed by atoms with Crippen LogP contribution in [-0.4, -0.2) is 60.1 Å². The zero-order chi connectivity index (χ0) is 15.9. The summed E-state index contributed by atoms with van der Waals surface area (Å²) in [6.45, 7) is 3.48. The minimum absolute atomic E-state index is 0.0111. The molecule has 0 rings (SSSR count). The van der Waals surface area contributed by atoms with Crippen molar-refractivity contribution in [2.24, 2.45) is 5.92 Å². The summed E-state index contributed by atoms with van der Waals surface area (Å²) in [6, 6.07) is 0. The molecule has 6 nitrogen and oxygen atoms in total. The number of aliphatic hydroxyl groups is 1.